The molecule has 0 spiro atoms. The molecule has 2 rings (SSSR count). The van der Waals surface area contributed by atoms with E-state index in [0.29, 0.717) is 19.1 Å². The number of piperidine rings is 1. The van der Waals surface area contributed by atoms with E-state index in [1.54, 1.807) is 0 Å². The molecule has 1 atom stereocenters. The molecule has 1 heterocycles. The largest absolute Gasteiger partial charge is 0.466 e. The van der Waals surface area contributed by atoms with E-state index in [0.717, 1.165) is 52.2 Å². The minimum Gasteiger partial charge on any atom is -0.466 e. The van der Waals surface area contributed by atoms with Crippen molar-refractivity contribution in [2.45, 2.75) is 33.6 Å². The topological polar surface area (TPSA) is 42.0 Å². The molecule has 5 nitrogen and oxygen atoms in total. The SMILES string of the molecule is CCOC(=O)[C@@H]1CCCN(CCOCCN(CC(C)C)c2ccccc2)C1.Cl.Cl. The number of hydrogen-bond donors (Lipinski definition) is 0. The quantitative estimate of drug-likeness (QED) is 0.373. The van der Waals surface area contributed by atoms with Crippen LogP contribution in [0.3, 0.4) is 0 Å². The number of carbonyl (C=O) groups excluding carboxylic acids is 1. The molecule has 0 radical (unpaired) electrons. The normalized spacial score (nSPS) is 16.6. The van der Waals surface area contributed by atoms with E-state index in [4.69, 9.17) is 9.47 Å². The molecular formula is C22H38Cl2N2O3. The molecule has 168 valence electrons. The van der Waals surface area contributed by atoms with Crippen LogP contribution in [0.5, 0.6) is 0 Å². The van der Waals surface area contributed by atoms with Crippen LogP contribution in [-0.2, 0) is 14.3 Å². The Bertz CT molecular complexity index is 546. The highest BCUT2D eigenvalue weighted by Gasteiger charge is 2.26. The van der Waals surface area contributed by atoms with Crippen molar-refractivity contribution in [1.82, 2.24) is 4.90 Å². The lowest BCUT2D eigenvalue weighted by molar-refractivity contribution is -0.150. The number of anilines is 1. The maximum Gasteiger partial charge on any atom is 0.310 e. The van der Waals surface area contributed by atoms with Gasteiger partial charge in [-0.25, -0.2) is 0 Å². The smallest absolute Gasteiger partial charge is 0.310 e. The lowest BCUT2D eigenvalue weighted by atomic mass is 9.98. The molecule has 1 saturated heterocycles. The Labute approximate surface area is 188 Å². The van der Waals surface area contributed by atoms with Gasteiger partial charge in [0.15, 0.2) is 0 Å². The number of likely N-dealkylation sites (tertiary alicyclic amines) is 1. The summed E-state index contributed by atoms with van der Waals surface area (Å²) in [6.45, 7) is 12.9. The van der Waals surface area contributed by atoms with Crippen molar-refractivity contribution in [2.24, 2.45) is 11.8 Å². The van der Waals surface area contributed by atoms with Gasteiger partial charge in [-0.05, 0) is 44.4 Å². The van der Waals surface area contributed by atoms with E-state index in [2.05, 4.69) is 54.0 Å². The molecule has 29 heavy (non-hydrogen) atoms. The minimum atomic E-state index is -0.0460. The highest BCUT2D eigenvalue weighted by molar-refractivity contribution is 5.85. The van der Waals surface area contributed by atoms with Gasteiger partial charge in [-0.3, -0.25) is 4.79 Å². The van der Waals surface area contributed by atoms with Gasteiger partial charge < -0.3 is 19.3 Å². The first-order valence-electron chi connectivity index (χ1n) is 10.4. The van der Waals surface area contributed by atoms with E-state index in [1.807, 2.05) is 6.92 Å². The molecule has 1 aromatic carbocycles. The number of halogens is 2. The van der Waals surface area contributed by atoms with Gasteiger partial charge in [-0.15, -0.1) is 24.8 Å². The fourth-order valence-electron chi connectivity index (χ4n) is 3.59. The Morgan fingerprint density at radius 3 is 2.59 bits per heavy atom. The highest BCUT2D eigenvalue weighted by Crippen LogP contribution is 2.18. The molecule has 0 aromatic heterocycles. The summed E-state index contributed by atoms with van der Waals surface area (Å²) >= 11 is 0. The zero-order valence-electron chi connectivity index (χ0n) is 18.0. The fraction of sp³-hybridized carbons (Fsp3) is 0.682. The van der Waals surface area contributed by atoms with Crippen LogP contribution in [0.1, 0.15) is 33.6 Å². The lowest BCUT2D eigenvalue weighted by Gasteiger charge is -2.31. The monoisotopic (exact) mass is 448 g/mol. The van der Waals surface area contributed by atoms with Crippen LogP contribution < -0.4 is 4.90 Å². The summed E-state index contributed by atoms with van der Waals surface area (Å²) in [7, 11) is 0. The molecule has 1 aromatic rings. The van der Waals surface area contributed by atoms with Crippen LogP contribution in [0.4, 0.5) is 5.69 Å². The van der Waals surface area contributed by atoms with Gasteiger partial charge >= 0.3 is 5.97 Å². The average Bonchev–Trinajstić information content (AvgIpc) is 2.67. The first-order valence-corrected chi connectivity index (χ1v) is 10.4. The second kappa shape index (κ2) is 15.8. The zero-order chi connectivity index (χ0) is 19.5. The van der Waals surface area contributed by atoms with E-state index >= 15 is 0 Å². The van der Waals surface area contributed by atoms with Crippen LogP contribution in [-0.4, -0.2) is 63.4 Å². The summed E-state index contributed by atoms with van der Waals surface area (Å²) in [4.78, 5) is 16.7. The second-order valence-electron chi connectivity index (χ2n) is 7.68. The summed E-state index contributed by atoms with van der Waals surface area (Å²) in [5.41, 5.74) is 1.25. The molecule has 1 aliphatic heterocycles. The van der Waals surface area contributed by atoms with Crippen molar-refractivity contribution in [3.8, 4) is 0 Å². The maximum atomic E-state index is 11.9. The molecule has 1 aliphatic rings. The third kappa shape index (κ3) is 10.5. The number of carbonyl (C=O) groups is 1. The van der Waals surface area contributed by atoms with Crippen molar-refractivity contribution in [2.75, 3.05) is 57.4 Å². The fourth-order valence-corrected chi connectivity index (χ4v) is 3.59. The first-order chi connectivity index (χ1) is 13.1. The van der Waals surface area contributed by atoms with Crippen LogP contribution in [0.15, 0.2) is 30.3 Å². The van der Waals surface area contributed by atoms with Crippen LogP contribution in [0.2, 0.25) is 0 Å². The van der Waals surface area contributed by atoms with Crippen molar-refractivity contribution in [1.29, 1.82) is 0 Å². The molecule has 0 aliphatic carbocycles. The standard InChI is InChI=1S/C22H36N2O3.2ClH/c1-4-27-22(25)20-9-8-12-23(18-20)13-15-26-16-14-24(17-19(2)3)21-10-6-5-7-11-21;;/h5-7,10-11,19-20H,4,8-9,12-18H2,1-3H3;2*1H/t20-;;/m1../s1. The summed E-state index contributed by atoms with van der Waals surface area (Å²) in [5, 5.41) is 0. The molecule has 0 amide bonds. The average molecular weight is 449 g/mol. The summed E-state index contributed by atoms with van der Waals surface area (Å²) in [6, 6.07) is 10.5. The van der Waals surface area contributed by atoms with Crippen molar-refractivity contribution < 1.29 is 14.3 Å². The number of rotatable bonds is 11. The van der Waals surface area contributed by atoms with Crippen LogP contribution >= 0.6 is 24.8 Å². The first kappa shape index (κ1) is 28.0. The molecule has 0 N–H and O–H groups in total. The van der Waals surface area contributed by atoms with E-state index in [9.17, 15) is 4.79 Å². The third-order valence-corrected chi connectivity index (χ3v) is 4.89. The summed E-state index contributed by atoms with van der Waals surface area (Å²) in [5.74, 6) is 0.590. The molecule has 0 unspecified atom stereocenters. The predicted octanol–water partition coefficient (Wildman–Crippen LogP) is 4.28. The lowest BCUT2D eigenvalue weighted by Crippen LogP contribution is -2.41. The highest BCUT2D eigenvalue weighted by atomic mass is 35.5. The van der Waals surface area contributed by atoms with Crippen LogP contribution in [0.25, 0.3) is 0 Å². The maximum absolute atomic E-state index is 11.9. The van der Waals surface area contributed by atoms with E-state index in [1.165, 1.54) is 5.69 Å². The summed E-state index contributed by atoms with van der Waals surface area (Å²) in [6.07, 6.45) is 2.00. The Hall–Kier alpha value is -1.01. The van der Waals surface area contributed by atoms with E-state index in [-0.39, 0.29) is 36.7 Å². The van der Waals surface area contributed by atoms with E-state index < -0.39 is 0 Å². The van der Waals surface area contributed by atoms with Gasteiger partial charge in [0.25, 0.3) is 0 Å². The van der Waals surface area contributed by atoms with Gasteiger partial charge in [0.1, 0.15) is 0 Å². The third-order valence-electron chi connectivity index (χ3n) is 4.89. The zero-order valence-corrected chi connectivity index (χ0v) is 19.7. The number of para-hydroxylation sites is 1. The van der Waals surface area contributed by atoms with Crippen molar-refractivity contribution in [3.05, 3.63) is 30.3 Å². The predicted molar refractivity (Wildman–Crippen MR) is 125 cm³/mol. The van der Waals surface area contributed by atoms with Gasteiger partial charge in [0, 0.05) is 31.9 Å². The number of benzene rings is 1. The second-order valence-corrected chi connectivity index (χ2v) is 7.68. The molecule has 0 bridgehead atoms. The van der Waals surface area contributed by atoms with Gasteiger partial charge in [0.2, 0.25) is 0 Å². The molecular weight excluding hydrogens is 411 g/mol. The molecule has 0 saturated carbocycles. The van der Waals surface area contributed by atoms with Gasteiger partial charge in [-0.2, -0.15) is 0 Å². The Balaban J connectivity index is 0.00000392. The number of nitrogens with zero attached hydrogens (tertiary/aromatic N) is 2. The van der Waals surface area contributed by atoms with Gasteiger partial charge in [-0.1, -0.05) is 32.0 Å². The molecule has 7 heteroatoms. The number of hydrogen-bond acceptors (Lipinski definition) is 5. The van der Waals surface area contributed by atoms with Crippen molar-refractivity contribution in [3.63, 3.8) is 0 Å². The van der Waals surface area contributed by atoms with Gasteiger partial charge in [0.05, 0.1) is 25.7 Å². The van der Waals surface area contributed by atoms with Crippen LogP contribution in [0, 0.1) is 11.8 Å². The Kier molecular flexibility index (Phi) is 15.2. The number of ether oxygens (including phenoxy) is 2. The summed E-state index contributed by atoms with van der Waals surface area (Å²) < 4.78 is 11.1. The Morgan fingerprint density at radius 2 is 1.93 bits per heavy atom. The minimum absolute atomic E-state index is 0. The molecule has 1 fully saturated rings. The Morgan fingerprint density at radius 1 is 1.21 bits per heavy atom. The number of esters is 1. The van der Waals surface area contributed by atoms with Crippen molar-refractivity contribution >= 4 is 36.5 Å².